The largest absolute Gasteiger partial charge is 0.495 e. The van der Waals surface area contributed by atoms with E-state index in [1.807, 2.05) is 0 Å². The van der Waals surface area contributed by atoms with E-state index in [4.69, 9.17) is 27.9 Å². The number of ether oxygens (including phenoxy) is 1. The van der Waals surface area contributed by atoms with Crippen molar-refractivity contribution < 1.29 is 14.3 Å². The summed E-state index contributed by atoms with van der Waals surface area (Å²) in [6, 6.07) is 11.6. The molecule has 0 saturated carbocycles. The van der Waals surface area contributed by atoms with E-state index < -0.39 is 0 Å². The molecular weight excluding hydrogens is 351 g/mol. The quantitative estimate of drug-likeness (QED) is 0.869. The number of hydrogen-bond acceptors (Lipinski definition) is 3. The standard InChI is InChI=1S/C17H16Cl2N2O3/c1-11(22)21(15-9-13(19)5-8-16(15)24-2)10-17(23)20-14-6-3-12(18)4-7-14/h3-9H,10H2,1-2H3,(H,20,23). The third-order valence-corrected chi connectivity index (χ3v) is 3.73. The molecule has 0 aromatic heterocycles. The summed E-state index contributed by atoms with van der Waals surface area (Å²) in [6.07, 6.45) is 0. The first-order valence-corrected chi connectivity index (χ1v) is 7.83. The summed E-state index contributed by atoms with van der Waals surface area (Å²) < 4.78 is 5.25. The number of hydrogen-bond donors (Lipinski definition) is 1. The number of nitrogens with zero attached hydrogens (tertiary/aromatic N) is 1. The van der Waals surface area contributed by atoms with Gasteiger partial charge in [-0.2, -0.15) is 0 Å². The highest BCUT2D eigenvalue weighted by atomic mass is 35.5. The molecule has 0 aliphatic heterocycles. The van der Waals surface area contributed by atoms with Gasteiger partial charge in [-0.1, -0.05) is 23.2 Å². The van der Waals surface area contributed by atoms with Crippen molar-refractivity contribution in [1.82, 2.24) is 0 Å². The zero-order valence-corrected chi connectivity index (χ0v) is 14.7. The maximum Gasteiger partial charge on any atom is 0.244 e. The van der Waals surface area contributed by atoms with Crippen molar-refractivity contribution >= 4 is 46.4 Å². The predicted molar refractivity (Wildman–Crippen MR) is 96.1 cm³/mol. The normalized spacial score (nSPS) is 10.2. The molecule has 5 nitrogen and oxygen atoms in total. The van der Waals surface area contributed by atoms with Crippen molar-refractivity contribution in [1.29, 1.82) is 0 Å². The first-order chi connectivity index (χ1) is 11.4. The van der Waals surface area contributed by atoms with Gasteiger partial charge in [-0.25, -0.2) is 0 Å². The van der Waals surface area contributed by atoms with E-state index in [9.17, 15) is 9.59 Å². The van der Waals surface area contributed by atoms with E-state index in [2.05, 4.69) is 5.32 Å². The van der Waals surface area contributed by atoms with Crippen LogP contribution in [0.2, 0.25) is 10.0 Å². The van der Waals surface area contributed by atoms with Crippen LogP contribution in [0, 0.1) is 0 Å². The molecule has 0 bridgehead atoms. The topological polar surface area (TPSA) is 58.6 Å². The molecule has 126 valence electrons. The summed E-state index contributed by atoms with van der Waals surface area (Å²) in [7, 11) is 1.48. The lowest BCUT2D eigenvalue weighted by atomic mass is 10.2. The second-order valence-electron chi connectivity index (χ2n) is 4.98. The Morgan fingerprint density at radius 2 is 1.71 bits per heavy atom. The van der Waals surface area contributed by atoms with Gasteiger partial charge in [0.25, 0.3) is 0 Å². The summed E-state index contributed by atoms with van der Waals surface area (Å²) in [5.41, 5.74) is 1.02. The van der Waals surface area contributed by atoms with E-state index >= 15 is 0 Å². The molecule has 2 aromatic rings. The lowest BCUT2D eigenvalue weighted by molar-refractivity contribution is -0.120. The van der Waals surface area contributed by atoms with Crippen molar-refractivity contribution in [2.75, 3.05) is 23.9 Å². The SMILES string of the molecule is COc1ccc(Cl)cc1N(CC(=O)Nc1ccc(Cl)cc1)C(C)=O. The number of carbonyl (C=O) groups excluding carboxylic acids is 2. The fourth-order valence-corrected chi connectivity index (χ4v) is 2.41. The van der Waals surface area contributed by atoms with Crippen molar-refractivity contribution in [2.24, 2.45) is 0 Å². The van der Waals surface area contributed by atoms with Crippen LogP contribution < -0.4 is 15.0 Å². The molecule has 24 heavy (non-hydrogen) atoms. The molecule has 2 amide bonds. The molecule has 0 heterocycles. The van der Waals surface area contributed by atoms with Crippen LogP contribution in [0.1, 0.15) is 6.92 Å². The zero-order valence-electron chi connectivity index (χ0n) is 13.2. The minimum absolute atomic E-state index is 0.172. The van der Waals surface area contributed by atoms with Crippen molar-refractivity contribution in [2.45, 2.75) is 6.92 Å². The van der Waals surface area contributed by atoms with Gasteiger partial charge >= 0.3 is 0 Å². The molecule has 2 rings (SSSR count). The first kappa shape index (κ1) is 18.1. The Bertz CT molecular complexity index is 748. The third-order valence-electron chi connectivity index (χ3n) is 3.24. The summed E-state index contributed by atoms with van der Waals surface area (Å²) in [5.74, 6) is -0.203. The van der Waals surface area contributed by atoms with E-state index in [1.165, 1.54) is 18.9 Å². The van der Waals surface area contributed by atoms with Gasteiger partial charge in [-0.3, -0.25) is 14.5 Å². The van der Waals surface area contributed by atoms with E-state index in [-0.39, 0.29) is 18.4 Å². The van der Waals surface area contributed by atoms with Crippen LogP contribution in [-0.2, 0) is 9.59 Å². The molecule has 2 aromatic carbocycles. The van der Waals surface area contributed by atoms with Crippen LogP contribution >= 0.6 is 23.2 Å². The Labute approximate surface area is 150 Å². The second kappa shape index (κ2) is 8.04. The van der Waals surface area contributed by atoms with Crippen LogP contribution in [0.4, 0.5) is 11.4 Å². The highest BCUT2D eigenvalue weighted by molar-refractivity contribution is 6.31. The molecule has 0 aliphatic carbocycles. The number of benzene rings is 2. The molecule has 0 spiro atoms. The van der Waals surface area contributed by atoms with Gasteiger partial charge in [0, 0.05) is 22.7 Å². The zero-order chi connectivity index (χ0) is 17.7. The van der Waals surface area contributed by atoms with Gasteiger partial charge in [0.05, 0.1) is 12.8 Å². The van der Waals surface area contributed by atoms with E-state index in [0.717, 1.165) is 0 Å². The molecule has 7 heteroatoms. The highest BCUT2D eigenvalue weighted by Gasteiger charge is 2.20. The predicted octanol–water partition coefficient (Wildman–Crippen LogP) is 3.99. The average molecular weight is 367 g/mol. The number of rotatable bonds is 5. The number of amides is 2. The minimum atomic E-state index is -0.352. The van der Waals surface area contributed by atoms with Crippen LogP contribution in [0.15, 0.2) is 42.5 Å². The Morgan fingerprint density at radius 1 is 1.08 bits per heavy atom. The fourth-order valence-electron chi connectivity index (χ4n) is 2.12. The Hall–Kier alpha value is -2.24. The van der Waals surface area contributed by atoms with Gasteiger partial charge in [-0.15, -0.1) is 0 Å². The van der Waals surface area contributed by atoms with Crippen LogP contribution in [0.3, 0.4) is 0 Å². The monoisotopic (exact) mass is 366 g/mol. The number of methoxy groups -OCH3 is 1. The lowest BCUT2D eigenvalue weighted by Crippen LogP contribution is -2.36. The molecule has 0 fully saturated rings. The Balaban J connectivity index is 2.19. The number of nitrogens with one attached hydrogen (secondary N) is 1. The van der Waals surface area contributed by atoms with Gasteiger partial charge in [0.2, 0.25) is 11.8 Å². The summed E-state index contributed by atoms with van der Waals surface area (Å²) in [6.45, 7) is 1.20. The summed E-state index contributed by atoms with van der Waals surface area (Å²) in [5, 5.41) is 3.72. The smallest absolute Gasteiger partial charge is 0.244 e. The number of anilines is 2. The van der Waals surface area contributed by atoms with Crippen molar-refractivity contribution in [3.8, 4) is 5.75 Å². The van der Waals surface area contributed by atoms with Crippen molar-refractivity contribution in [3.05, 3.63) is 52.5 Å². The van der Waals surface area contributed by atoms with E-state index in [0.29, 0.717) is 27.2 Å². The maximum absolute atomic E-state index is 12.3. The lowest BCUT2D eigenvalue weighted by Gasteiger charge is -2.23. The fraction of sp³-hybridized carbons (Fsp3) is 0.176. The average Bonchev–Trinajstić information content (AvgIpc) is 2.54. The maximum atomic E-state index is 12.3. The van der Waals surface area contributed by atoms with Gasteiger partial charge in [0.15, 0.2) is 0 Å². The number of carbonyl (C=O) groups is 2. The third kappa shape index (κ3) is 4.63. The number of halogens is 2. The molecule has 0 aliphatic rings. The summed E-state index contributed by atoms with van der Waals surface area (Å²) >= 11 is 11.8. The molecule has 0 radical (unpaired) electrons. The van der Waals surface area contributed by atoms with Crippen molar-refractivity contribution in [3.63, 3.8) is 0 Å². The van der Waals surface area contributed by atoms with Gasteiger partial charge < -0.3 is 10.1 Å². The van der Waals surface area contributed by atoms with Crippen LogP contribution in [0.5, 0.6) is 5.75 Å². The van der Waals surface area contributed by atoms with E-state index in [1.54, 1.807) is 42.5 Å². The molecule has 0 atom stereocenters. The first-order valence-electron chi connectivity index (χ1n) is 7.07. The second-order valence-corrected chi connectivity index (χ2v) is 5.85. The minimum Gasteiger partial charge on any atom is -0.495 e. The Morgan fingerprint density at radius 3 is 2.29 bits per heavy atom. The molecule has 0 unspecified atom stereocenters. The molecule has 0 saturated heterocycles. The van der Waals surface area contributed by atoms with Gasteiger partial charge in [0.1, 0.15) is 12.3 Å². The summed E-state index contributed by atoms with van der Waals surface area (Å²) in [4.78, 5) is 25.5. The van der Waals surface area contributed by atoms with Gasteiger partial charge in [-0.05, 0) is 42.5 Å². The molecule has 1 N–H and O–H groups in total. The molecular formula is C17H16Cl2N2O3. The Kier molecular flexibility index (Phi) is 6.06. The van der Waals surface area contributed by atoms with Crippen LogP contribution in [0.25, 0.3) is 0 Å². The highest BCUT2D eigenvalue weighted by Crippen LogP contribution is 2.31. The van der Waals surface area contributed by atoms with Crippen LogP contribution in [-0.4, -0.2) is 25.5 Å².